The topological polar surface area (TPSA) is 69.9 Å². The largest absolute Gasteiger partial charge is 0.496 e. The first-order valence-corrected chi connectivity index (χ1v) is 12.2. The number of thiazole rings is 1. The van der Waals surface area contributed by atoms with Crippen molar-refractivity contribution in [2.75, 3.05) is 13.7 Å². The van der Waals surface area contributed by atoms with Gasteiger partial charge in [-0.15, -0.1) is 0 Å². The number of esters is 1. The number of nitrogens with zero attached hydrogens (tertiary/aromatic N) is 2. The minimum atomic E-state index is -0.673. The molecule has 0 bridgehead atoms. The lowest BCUT2D eigenvalue weighted by atomic mass is 9.93. The predicted molar refractivity (Wildman–Crippen MR) is 127 cm³/mol. The number of allylic oxidation sites excluding steroid dienone is 1. The van der Waals surface area contributed by atoms with Crippen molar-refractivity contribution >= 4 is 34.7 Å². The van der Waals surface area contributed by atoms with Gasteiger partial charge in [0.25, 0.3) is 5.56 Å². The number of para-hydroxylation sites is 1. The van der Waals surface area contributed by atoms with Crippen LogP contribution in [0.5, 0.6) is 5.75 Å². The van der Waals surface area contributed by atoms with Crippen LogP contribution < -0.4 is 19.6 Å². The normalized spacial score (nSPS) is 16.0. The monoisotopic (exact) mass is 468 g/mol. The SMILES string of the molecule is CCCC1=C(C(=O)OCC)[C@H](c2ccccc2OC)n2c(sc(=Cc3ccsc3)c2=O)=N1. The molecule has 0 N–H and O–H groups in total. The van der Waals surface area contributed by atoms with Crippen molar-refractivity contribution in [1.82, 2.24) is 4.57 Å². The van der Waals surface area contributed by atoms with Gasteiger partial charge in [-0.3, -0.25) is 9.36 Å². The third-order valence-electron chi connectivity index (χ3n) is 5.17. The summed E-state index contributed by atoms with van der Waals surface area (Å²) >= 11 is 2.91. The van der Waals surface area contributed by atoms with Gasteiger partial charge in [0.1, 0.15) is 11.8 Å². The van der Waals surface area contributed by atoms with Crippen LogP contribution in [0.3, 0.4) is 0 Å². The molecular weight excluding hydrogens is 444 g/mol. The molecule has 32 heavy (non-hydrogen) atoms. The standard InChI is InChI=1S/C24H24N2O4S2/c1-4-8-17-20(23(28)30-5-2)21(16-9-6-7-10-18(16)29-3)26-22(27)19(32-24(26)25-17)13-15-11-12-31-14-15/h6-7,9-14,21H,4-5,8H2,1-3H3/t21-/m0/s1. The summed E-state index contributed by atoms with van der Waals surface area (Å²) in [4.78, 5) is 32.1. The fourth-order valence-corrected chi connectivity index (χ4v) is 5.45. The first-order valence-electron chi connectivity index (χ1n) is 10.5. The first kappa shape index (κ1) is 22.2. The number of methoxy groups -OCH3 is 1. The van der Waals surface area contributed by atoms with Crippen LogP contribution >= 0.6 is 22.7 Å². The zero-order valence-electron chi connectivity index (χ0n) is 18.2. The van der Waals surface area contributed by atoms with Gasteiger partial charge in [0.2, 0.25) is 0 Å². The Kier molecular flexibility index (Phi) is 6.72. The fourth-order valence-electron chi connectivity index (χ4n) is 3.82. The highest BCUT2D eigenvalue weighted by atomic mass is 32.1. The Morgan fingerprint density at radius 2 is 2.06 bits per heavy atom. The Balaban J connectivity index is 2.04. The second-order valence-corrected chi connectivity index (χ2v) is 9.00. The van der Waals surface area contributed by atoms with Crippen molar-refractivity contribution in [3.8, 4) is 5.75 Å². The van der Waals surface area contributed by atoms with E-state index in [1.165, 1.54) is 11.3 Å². The summed E-state index contributed by atoms with van der Waals surface area (Å²) in [5.74, 6) is 0.146. The van der Waals surface area contributed by atoms with E-state index in [-0.39, 0.29) is 12.2 Å². The average molecular weight is 469 g/mol. The van der Waals surface area contributed by atoms with Crippen LogP contribution in [0, 0.1) is 0 Å². The molecule has 8 heteroatoms. The summed E-state index contributed by atoms with van der Waals surface area (Å²) in [6.07, 6.45) is 3.28. The Morgan fingerprint density at radius 3 is 2.75 bits per heavy atom. The van der Waals surface area contributed by atoms with E-state index in [1.54, 1.807) is 29.9 Å². The smallest absolute Gasteiger partial charge is 0.338 e. The molecule has 0 fully saturated rings. The van der Waals surface area contributed by atoms with Crippen LogP contribution in [0.1, 0.15) is 43.9 Å². The number of aromatic nitrogens is 1. The summed E-state index contributed by atoms with van der Waals surface area (Å²) < 4.78 is 13.2. The highest BCUT2D eigenvalue weighted by Gasteiger charge is 2.35. The molecule has 0 unspecified atom stereocenters. The molecule has 1 atom stereocenters. The molecule has 2 aromatic heterocycles. The lowest BCUT2D eigenvalue weighted by molar-refractivity contribution is -0.139. The zero-order valence-corrected chi connectivity index (χ0v) is 19.8. The van der Waals surface area contributed by atoms with Gasteiger partial charge in [-0.1, -0.05) is 42.9 Å². The molecule has 1 aliphatic rings. The molecule has 4 rings (SSSR count). The summed E-state index contributed by atoms with van der Waals surface area (Å²) in [5, 5.41) is 3.96. The maximum atomic E-state index is 13.6. The highest BCUT2D eigenvalue weighted by Crippen LogP contribution is 2.36. The number of rotatable bonds is 7. The second-order valence-electron chi connectivity index (χ2n) is 7.21. The molecule has 3 aromatic rings. The van der Waals surface area contributed by atoms with Crippen LogP contribution in [0.25, 0.3) is 6.08 Å². The summed E-state index contributed by atoms with van der Waals surface area (Å²) in [7, 11) is 1.58. The molecule has 3 heterocycles. The minimum Gasteiger partial charge on any atom is -0.496 e. The molecule has 0 spiro atoms. The maximum absolute atomic E-state index is 13.6. The number of benzene rings is 1. The highest BCUT2D eigenvalue weighted by molar-refractivity contribution is 7.08. The van der Waals surface area contributed by atoms with Gasteiger partial charge in [0, 0.05) is 5.56 Å². The molecule has 0 saturated carbocycles. The lowest BCUT2D eigenvalue weighted by Crippen LogP contribution is -2.40. The van der Waals surface area contributed by atoms with Gasteiger partial charge in [0.05, 0.1) is 29.5 Å². The minimum absolute atomic E-state index is 0.187. The Hall–Kier alpha value is -2.97. The molecule has 0 amide bonds. The van der Waals surface area contributed by atoms with Crippen molar-refractivity contribution in [3.63, 3.8) is 0 Å². The molecule has 0 radical (unpaired) electrons. The van der Waals surface area contributed by atoms with E-state index in [0.29, 0.717) is 32.8 Å². The molecule has 1 aromatic carbocycles. The number of hydrogen-bond donors (Lipinski definition) is 0. The molecular formula is C24H24N2O4S2. The van der Waals surface area contributed by atoms with Gasteiger partial charge < -0.3 is 9.47 Å². The number of carbonyl (C=O) groups is 1. The van der Waals surface area contributed by atoms with Gasteiger partial charge >= 0.3 is 5.97 Å². The number of carbonyl (C=O) groups excluding carboxylic acids is 1. The molecule has 166 valence electrons. The van der Waals surface area contributed by atoms with Crippen LogP contribution in [0.4, 0.5) is 0 Å². The third kappa shape index (κ3) is 4.08. The van der Waals surface area contributed by atoms with E-state index in [2.05, 4.69) is 0 Å². The third-order valence-corrected chi connectivity index (χ3v) is 6.85. The maximum Gasteiger partial charge on any atom is 0.338 e. The van der Waals surface area contributed by atoms with Gasteiger partial charge in [-0.05, 0) is 47.9 Å². The van der Waals surface area contributed by atoms with E-state index in [0.717, 1.165) is 17.5 Å². The van der Waals surface area contributed by atoms with E-state index in [4.69, 9.17) is 14.5 Å². The van der Waals surface area contributed by atoms with E-state index in [1.807, 2.05) is 54.1 Å². The zero-order chi connectivity index (χ0) is 22.7. The van der Waals surface area contributed by atoms with E-state index in [9.17, 15) is 9.59 Å². The number of thiophene rings is 1. The molecule has 0 saturated heterocycles. The molecule has 1 aliphatic heterocycles. The van der Waals surface area contributed by atoms with Crippen molar-refractivity contribution in [3.05, 3.63) is 83.2 Å². The predicted octanol–water partition coefficient (Wildman–Crippen LogP) is 3.65. The number of ether oxygens (including phenoxy) is 2. The van der Waals surface area contributed by atoms with E-state index < -0.39 is 12.0 Å². The Morgan fingerprint density at radius 1 is 1.25 bits per heavy atom. The van der Waals surface area contributed by atoms with Gasteiger partial charge in [-0.25, -0.2) is 9.79 Å². The fraction of sp³-hybridized carbons (Fsp3) is 0.292. The lowest BCUT2D eigenvalue weighted by Gasteiger charge is -2.26. The Bertz CT molecular complexity index is 1330. The summed E-state index contributed by atoms with van der Waals surface area (Å²) in [6, 6.07) is 8.75. The summed E-state index contributed by atoms with van der Waals surface area (Å²) in [5.41, 5.74) is 2.56. The first-order chi connectivity index (χ1) is 15.6. The second kappa shape index (κ2) is 9.67. The van der Waals surface area contributed by atoms with Gasteiger partial charge in [0.15, 0.2) is 4.80 Å². The van der Waals surface area contributed by atoms with Crippen molar-refractivity contribution in [2.45, 2.75) is 32.7 Å². The van der Waals surface area contributed by atoms with Crippen molar-refractivity contribution in [2.24, 2.45) is 4.99 Å². The van der Waals surface area contributed by atoms with Crippen LogP contribution in [-0.4, -0.2) is 24.3 Å². The number of fused-ring (bicyclic) bond motifs is 1. The van der Waals surface area contributed by atoms with Crippen molar-refractivity contribution in [1.29, 1.82) is 0 Å². The average Bonchev–Trinajstić information content (AvgIpc) is 3.41. The van der Waals surface area contributed by atoms with Gasteiger partial charge in [-0.2, -0.15) is 11.3 Å². The van der Waals surface area contributed by atoms with Crippen LogP contribution in [0.2, 0.25) is 0 Å². The Labute approximate surface area is 193 Å². The number of hydrogen-bond acceptors (Lipinski definition) is 7. The molecule has 0 aliphatic carbocycles. The quantitative estimate of drug-likeness (QED) is 0.497. The van der Waals surface area contributed by atoms with E-state index >= 15 is 0 Å². The van der Waals surface area contributed by atoms with Crippen molar-refractivity contribution < 1.29 is 14.3 Å². The van der Waals surface area contributed by atoms with Crippen LogP contribution in [0.15, 0.2) is 62.1 Å². The molecule has 6 nitrogen and oxygen atoms in total. The summed E-state index contributed by atoms with van der Waals surface area (Å²) in [6.45, 7) is 4.05. The van der Waals surface area contributed by atoms with Crippen LogP contribution in [-0.2, 0) is 9.53 Å².